The number of hydrogen-bond acceptors (Lipinski definition) is 2. The van der Waals surface area contributed by atoms with Crippen molar-refractivity contribution in [2.75, 3.05) is 20.3 Å². The van der Waals surface area contributed by atoms with E-state index in [4.69, 9.17) is 16.3 Å². The molecule has 0 aromatic heterocycles. The maximum atomic E-state index is 11.8. The van der Waals surface area contributed by atoms with Crippen molar-refractivity contribution in [1.29, 1.82) is 0 Å². The predicted molar refractivity (Wildman–Crippen MR) is 72.5 cm³/mol. The predicted octanol–water partition coefficient (Wildman–Crippen LogP) is 3.11. The summed E-state index contributed by atoms with van der Waals surface area (Å²) in [5.41, 5.74) is 0.558. The van der Waals surface area contributed by atoms with Crippen LogP contribution in [0.2, 0.25) is 5.02 Å². The van der Waals surface area contributed by atoms with Gasteiger partial charge in [0.1, 0.15) is 0 Å². The minimum Gasteiger partial charge on any atom is -0.384 e. The van der Waals surface area contributed by atoms with Gasteiger partial charge in [0, 0.05) is 23.7 Å². The second kappa shape index (κ2) is 6.99. The van der Waals surface area contributed by atoms with E-state index in [0.29, 0.717) is 23.7 Å². The average molecular weight is 321 g/mol. The van der Waals surface area contributed by atoms with Crippen molar-refractivity contribution in [1.82, 2.24) is 5.32 Å². The van der Waals surface area contributed by atoms with Crippen LogP contribution in [0.1, 0.15) is 17.3 Å². The third kappa shape index (κ3) is 4.66. The van der Waals surface area contributed by atoms with Crippen LogP contribution in [0.5, 0.6) is 0 Å². The lowest BCUT2D eigenvalue weighted by Crippen LogP contribution is -2.29. The highest BCUT2D eigenvalue weighted by Crippen LogP contribution is 2.23. The Labute approximate surface area is 115 Å². The van der Waals surface area contributed by atoms with Gasteiger partial charge in [0.05, 0.1) is 11.6 Å². The summed E-state index contributed by atoms with van der Waals surface area (Å²) < 4.78 is 5.78. The van der Waals surface area contributed by atoms with Crippen LogP contribution >= 0.6 is 27.5 Å². The summed E-state index contributed by atoms with van der Waals surface area (Å²) in [5, 5.41) is 3.37. The van der Waals surface area contributed by atoms with Gasteiger partial charge < -0.3 is 10.1 Å². The summed E-state index contributed by atoms with van der Waals surface area (Å²) in [6.07, 6.45) is 0. The fourth-order valence-electron chi connectivity index (χ4n) is 1.35. The Kier molecular flexibility index (Phi) is 5.95. The molecular weight excluding hydrogens is 305 g/mol. The fourth-order valence-corrected chi connectivity index (χ4v) is 1.78. The number of halogens is 2. The number of nitrogens with one attached hydrogen (secondary N) is 1. The van der Waals surface area contributed by atoms with Crippen molar-refractivity contribution in [2.24, 2.45) is 5.92 Å². The molecule has 0 radical (unpaired) electrons. The monoisotopic (exact) mass is 319 g/mol. The molecule has 17 heavy (non-hydrogen) atoms. The molecule has 0 aliphatic heterocycles. The number of rotatable bonds is 5. The zero-order valence-electron chi connectivity index (χ0n) is 9.80. The van der Waals surface area contributed by atoms with Crippen molar-refractivity contribution < 1.29 is 9.53 Å². The van der Waals surface area contributed by atoms with E-state index in [1.54, 1.807) is 25.3 Å². The van der Waals surface area contributed by atoms with E-state index in [9.17, 15) is 4.79 Å². The summed E-state index contributed by atoms with van der Waals surface area (Å²) in [6, 6.07) is 5.13. The minimum atomic E-state index is -0.123. The van der Waals surface area contributed by atoms with Gasteiger partial charge in [-0.25, -0.2) is 0 Å². The normalized spacial score (nSPS) is 12.2. The Hall–Kier alpha value is -0.580. The van der Waals surface area contributed by atoms with E-state index < -0.39 is 0 Å². The SMILES string of the molecule is COCC(C)CNC(=O)c1ccc(Br)c(Cl)c1. The lowest BCUT2D eigenvalue weighted by molar-refractivity contribution is 0.0934. The molecule has 1 aromatic rings. The zero-order valence-corrected chi connectivity index (χ0v) is 12.1. The Balaban J connectivity index is 2.55. The Morgan fingerprint density at radius 3 is 2.88 bits per heavy atom. The van der Waals surface area contributed by atoms with Crippen LogP contribution in [-0.2, 0) is 4.74 Å². The minimum absolute atomic E-state index is 0.123. The molecule has 0 fully saturated rings. The van der Waals surface area contributed by atoms with E-state index in [1.165, 1.54) is 0 Å². The van der Waals surface area contributed by atoms with Gasteiger partial charge in [0.15, 0.2) is 0 Å². The van der Waals surface area contributed by atoms with Gasteiger partial charge in [-0.15, -0.1) is 0 Å². The molecule has 0 saturated carbocycles. The van der Waals surface area contributed by atoms with E-state index >= 15 is 0 Å². The van der Waals surface area contributed by atoms with E-state index in [-0.39, 0.29) is 11.8 Å². The van der Waals surface area contributed by atoms with Crippen LogP contribution < -0.4 is 5.32 Å². The highest BCUT2D eigenvalue weighted by atomic mass is 79.9. The summed E-state index contributed by atoms with van der Waals surface area (Å²) in [4.78, 5) is 11.8. The molecule has 1 aromatic carbocycles. The summed E-state index contributed by atoms with van der Waals surface area (Å²) >= 11 is 9.20. The highest BCUT2D eigenvalue weighted by molar-refractivity contribution is 9.10. The summed E-state index contributed by atoms with van der Waals surface area (Å²) in [5.74, 6) is 0.164. The van der Waals surface area contributed by atoms with Gasteiger partial charge >= 0.3 is 0 Å². The quantitative estimate of drug-likeness (QED) is 0.905. The number of benzene rings is 1. The number of hydrogen-bond donors (Lipinski definition) is 1. The van der Waals surface area contributed by atoms with Gasteiger partial charge in [0.25, 0.3) is 5.91 Å². The third-order valence-corrected chi connectivity index (χ3v) is 3.48. The van der Waals surface area contributed by atoms with Crippen LogP contribution in [0.4, 0.5) is 0 Å². The van der Waals surface area contributed by atoms with Crippen molar-refractivity contribution in [3.8, 4) is 0 Å². The number of amides is 1. The molecular formula is C12H15BrClNO2. The molecule has 0 saturated heterocycles. The smallest absolute Gasteiger partial charge is 0.251 e. The van der Waals surface area contributed by atoms with Crippen molar-refractivity contribution in [3.05, 3.63) is 33.3 Å². The van der Waals surface area contributed by atoms with Gasteiger partial charge in [0.2, 0.25) is 0 Å². The molecule has 0 heterocycles. The van der Waals surface area contributed by atoms with Crippen molar-refractivity contribution in [2.45, 2.75) is 6.92 Å². The van der Waals surface area contributed by atoms with Crippen molar-refractivity contribution >= 4 is 33.4 Å². The summed E-state index contributed by atoms with van der Waals surface area (Å²) in [6.45, 7) is 3.22. The second-order valence-electron chi connectivity index (χ2n) is 3.90. The number of carbonyl (C=O) groups is 1. The molecule has 0 spiro atoms. The Morgan fingerprint density at radius 1 is 1.59 bits per heavy atom. The van der Waals surface area contributed by atoms with Gasteiger partial charge in [-0.2, -0.15) is 0 Å². The lowest BCUT2D eigenvalue weighted by Gasteiger charge is -2.11. The van der Waals surface area contributed by atoms with Crippen molar-refractivity contribution in [3.63, 3.8) is 0 Å². The largest absolute Gasteiger partial charge is 0.384 e. The van der Waals surface area contributed by atoms with Gasteiger partial charge in [-0.3, -0.25) is 4.79 Å². The fraction of sp³-hybridized carbons (Fsp3) is 0.417. The first-order valence-corrected chi connectivity index (χ1v) is 6.44. The number of carbonyl (C=O) groups excluding carboxylic acids is 1. The third-order valence-electron chi connectivity index (χ3n) is 2.24. The second-order valence-corrected chi connectivity index (χ2v) is 5.16. The molecule has 0 bridgehead atoms. The first-order valence-electron chi connectivity index (χ1n) is 5.26. The molecule has 1 unspecified atom stereocenters. The Bertz CT molecular complexity index is 398. The number of methoxy groups -OCH3 is 1. The van der Waals surface area contributed by atoms with E-state index in [1.807, 2.05) is 6.92 Å². The lowest BCUT2D eigenvalue weighted by atomic mass is 10.1. The maximum absolute atomic E-state index is 11.8. The van der Waals surface area contributed by atoms with Crippen LogP contribution in [0.15, 0.2) is 22.7 Å². The van der Waals surface area contributed by atoms with Crippen LogP contribution in [0.3, 0.4) is 0 Å². The van der Waals surface area contributed by atoms with E-state index in [0.717, 1.165) is 4.47 Å². The molecule has 1 atom stereocenters. The molecule has 5 heteroatoms. The first-order chi connectivity index (χ1) is 8.04. The highest BCUT2D eigenvalue weighted by Gasteiger charge is 2.09. The Morgan fingerprint density at radius 2 is 2.29 bits per heavy atom. The molecule has 0 aliphatic rings. The molecule has 1 rings (SSSR count). The molecule has 1 amide bonds. The topological polar surface area (TPSA) is 38.3 Å². The summed E-state index contributed by atoms with van der Waals surface area (Å²) in [7, 11) is 1.65. The zero-order chi connectivity index (χ0) is 12.8. The molecule has 94 valence electrons. The molecule has 0 aliphatic carbocycles. The first kappa shape index (κ1) is 14.5. The standard InChI is InChI=1S/C12H15BrClNO2/c1-8(7-17-2)6-15-12(16)9-3-4-10(13)11(14)5-9/h3-5,8H,6-7H2,1-2H3,(H,15,16). The molecule has 1 N–H and O–H groups in total. The van der Waals surface area contributed by atoms with E-state index in [2.05, 4.69) is 21.2 Å². The number of ether oxygens (including phenoxy) is 1. The average Bonchev–Trinajstić information content (AvgIpc) is 2.30. The van der Waals surface area contributed by atoms with Gasteiger partial charge in [-0.1, -0.05) is 18.5 Å². The van der Waals surface area contributed by atoms with Gasteiger partial charge in [-0.05, 0) is 40.0 Å². The van der Waals surface area contributed by atoms with Crippen LogP contribution in [-0.4, -0.2) is 26.2 Å². The maximum Gasteiger partial charge on any atom is 0.251 e. The molecule has 3 nitrogen and oxygen atoms in total. The van der Waals surface area contributed by atoms with Crippen LogP contribution in [0, 0.1) is 5.92 Å². The van der Waals surface area contributed by atoms with Crippen LogP contribution in [0.25, 0.3) is 0 Å².